The Kier molecular flexibility index (Phi) is 16.2. The highest BCUT2D eigenvalue weighted by Crippen LogP contribution is 2.12. The van der Waals surface area contributed by atoms with Crippen molar-refractivity contribution in [1.82, 2.24) is 0 Å². The van der Waals surface area contributed by atoms with E-state index in [9.17, 15) is 10.2 Å². The van der Waals surface area contributed by atoms with Gasteiger partial charge in [-0.2, -0.15) is 0 Å². The lowest BCUT2D eigenvalue weighted by atomic mass is 10.0. The average Bonchev–Trinajstić information content (AvgIpc) is 2.52. The fourth-order valence-electron chi connectivity index (χ4n) is 2.19. The molecule has 130 valence electrons. The number of rotatable bonds is 17. The van der Waals surface area contributed by atoms with Crippen molar-refractivity contribution < 1.29 is 19.7 Å². The minimum absolute atomic E-state index is 0.597. The first-order chi connectivity index (χ1) is 10.7. The largest absolute Gasteiger partial charge is 0.390 e. The molecule has 22 heavy (non-hydrogen) atoms. The molecule has 0 aliphatic rings. The van der Waals surface area contributed by atoms with Crippen molar-refractivity contribution in [3.05, 3.63) is 25.3 Å². The Balaban J connectivity index is 3.37. The maximum absolute atomic E-state index is 9.90. The Morgan fingerprint density at radius 1 is 0.682 bits per heavy atom. The first-order valence-corrected chi connectivity index (χ1v) is 8.45. The Labute approximate surface area is 135 Å². The fraction of sp³-hybridized carbons (Fsp3) is 0.778. The van der Waals surface area contributed by atoms with Crippen LogP contribution in [0.5, 0.6) is 0 Å². The molecule has 0 unspecified atom stereocenters. The number of hydrogen-bond acceptors (Lipinski definition) is 4. The SMILES string of the molecule is C=CCOCCCCC[C@@H](O)[C@@H](O)CCCCCOCC=C. The highest BCUT2D eigenvalue weighted by molar-refractivity contribution is 4.68. The molecule has 0 saturated carbocycles. The fourth-order valence-corrected chi connectivity index (χ4v) is 2.19. The minimum atomic E-state index is -0.605. The maximum Gasteiger partial charge on any atom is 0.0799 e. The normalized spacial score (nSPS) is 13.7. The third kappa shape index (κ3) is 14.3. The lowest BCUT2D eigenvalue weighted by Gasteiger charge is -2.17. The summed E-state index contributed by atoms with van der Waals surface area (Å²) < 4.78 is 10.6. The zero-order chi connectivity index (χ0) is 16.5. The molecule has 4 heteroatoms. The van der Waals surface area contributed by atoms with E-state index in [-0.39, 0.29) is 0 Å². The van der Waals surface area contributed by atoms with Gasteiger partial charge >= 0.3 is 0 Å². The van der Waals surface area contributed by atoms with Crippen LogP contribution in [-0.2, 0) is 9.47 Å². The van der Waals surface area contributed by atoms with Crippen molar-refractivity contribution in [1.29, 1.82) is 0 Å². The van der Waals surface area contributed by atoms with E-state index in [1.54, 1.807) is 12.2 Å². The molecule has 0 rings (SSSR count). The van der Waals surface area contributed by atoms with Gasteiger partial charge in [-0.3, -0.25) is 0 Å². The van der Waals surface area contributed by atoms with Crippen LogP contribution in [0.15, 0.2) is 25.3 Å². The van der Waals surface area contributed by atoms with Gasteiger partial charge in [0, 0.05) is 13.2 Å². The molecule has 2 N–H and O–H groups in total. The van der Waals surface area contributed by atoms with Crippen molar-refractivity contribution in [3.63, 3.8) is 0 Å². The van der Waals surface area contributed by atoms with Gasteiger partial charge in [-0.15, -0.1) is 13.2 Å². The van der Waals surface area contributed by atoms with E-state index >= 15 is 0 Å². The second kappa shape index (κ2) is 16.7. The van der Waals surface area contributed by atoms with Crippen LogP contribution in [0.2, 0.25) is 0 Å². The second-order valence-electron chi connectivity index (χ2n) is 5.56. The van der Waals surface area contributed by atoms with Gasteiger partial charge in [0.15, 0.2) is 0 Å². The molecule has 0 bridgehead atoms. The van der Waals surface area contributed by atoms with E-state index < -0.39 is 12.2 Å². The lowest BCUT2D eigenvalue weighted by molar-refractivity contribution is 0.00660. The van der Waals surface area contributed by atoms with Gasteiger partial charge in [-0.25, -0.2) is 0 Å². The molecular formula is C18H34O4. The summed E-state index contributed by atoms with van der Waals surface area (Å²) in [6.07, 6.45) is 9.44. The molecule has 0 aliphatic carbocycles. The Hall–Kier alpha value is -0.680. The third-order valence-electron chi connectivity index (χ3n) is 3.49. The molecule has 0 heterocycles. The predicted octanol–water partition coefficient (Wildman–Crippen LogP) is 3.23. The molecule has 0 fully saturated rings. The summed E-state index contributed by atoms with van der Waals surface area (Å²) >= 11 is 0. The van der Waals surface area contributed by atoms with Gasteiger partial charge in [-0.1, -0.05) is 37.8 Å². The molecular weight excluding hydrogens is 280 g/mol. The van der Waals surface area contributed by atoms with Gasteiger partial charge in [0.05, 0.1) is 25.4 Å². The first-order valence-electron chi connectivity index (χ1n) is 8.45. The van der Waals surface area contributed by atoms with Crippen molar-refractivity contribution in [2.45, 2.75) is 63.6 Å². The van der Waals surface area contributed by atoms with Crippen LogP contribution < -0.4 is 0 Å². The first kappa shape index (κ1) is 21.3. The van der Waals surface area contributed by atoms with E-state index in [2.05, 4.69) is 13.2 Å². The lowest BCUT2D eigenvalue weighted by Crippen LogP contribution is -2.25. The van der Waals surface area contributed by atoms with E-state index in [0.717, 1.165) is 51.7 Å². The smallest absolute Gasteiger partial charge is 0.0799 e. The summed E-state index contributed by atoms with van der Waals surface area (Å²) in [5.74, 6) is 0. The summed E-state index contributed by atoms with van der Waals surface area (Å²) in [6, 6.07) is 0. The minimum Gasteiger partial charge on any atom is -0.390 e. The predicted molar refractivity (Wildman–Crippen MR) is 91.0 cm³/mol. The van der Waals surface area contributed by atoms with Gasteiger partial charge in [0.25, 0.3) is 0 Å². The highest BCUT2D eigenvalue weighted by atomic mass is 16.5. The van der Waals surface area contributed by atoms with Crippen molar-refractivity contribution in [3.8, 4) is 0 Å². The van der Waals surface area contributed by atoms with E-state index in [4.69, 9.17) is 9.47 Å². The Bertz CT molecular complexity index is 229. The van der Waals surface area contributed by atoms with Gasteiger partial charge < -0.3 is 19.7 Å². The summed E-state index contributed by atoms with van der Waals surface area (Å²) in [5.41, 5.74) is 0. The van der Waals surface area contributed by atoms with Gasteiger partial charge in [0.2, 0.25) is 0 Å². The zero-order valence-electron chi connectivity index (χ0n) is 13.9. The topological polar surface area (TPSA) is 58.9 Å². The van der Waals surface area contributed by atoms with E-state index in [0.29, 0.717) is 26.1 Å². The van der Waals surface area contributed by atoms with Crippen molar-refractivity contribution >= 4 is 0 Å². The standard InChI is InChI=1S/C18H34O4/c1-3-13-21-15-9-5-7-11-17(19)18(20)12-8-6-10-16-22-14-4-2/h3-4,17-20H,1-2,5-16H2/t17-,18+. The molecule has 0 amide bonds. The van der Waals surface area contributed by atoms with Crippen molar-refractivity contribution in [2.24, 2.45) is 0 Å². The second-order valence-corrected chi connectivity index (χ2v) is 5.56. The quantitative estimate of drug-likeness (QED) is 0.320. The molecule has 0 aromatic rings. The maximum atomic E-state index is 9.90. The molecule has 0 aliphatic heterocycles. The number of hydrogen-bond donors (Lipinski definition) is 2. The Morgan fingerprint density at radius 3 is 1.45 bits per heavy atom. The molecule has 0 radical (unpaired) electrons. The molecule has 0 aromatic carbocycles. The Morgan fingerprint density at radius 2 is 1.09 bits per heavy atom. The molecule has 0 saturated heterocycles. The van der Waals surface area contributed by atoms with E-state index in [1.807, 2.05) is 0 Å². The van der Waals surface area contributed by atoms with Crippen molar-refractivity contribution in [2.75, 3.05) is 26.4 Å². The van der Waals surface area contributed by atoms with Gasteiger partial charge in [0.1, 0.15) is 0 Å². The van der Waals surface area contributed by atoms with Crippen LogP contribution in [0.1, 0.15) is 51.4 Å². The summed E-state index contributed by atoms with van der Waals surface area (Å²) in [7, 11) is 0. The summed E-state index contributed by atoms with van der Waals surface area (Å²) in [5, 5.41) is 19.8. The summed E-state index contributed by atoms with van der Waals surface area (Å²) in [6.45, 7) is 9.84. The van der Waals surface area contributed by atoms with Crippen LogP contribution in [-0.4, -0.2) is 48.8 Å². The highest BCUT2D eigenvalue weighted by Gasteiger charge is 2.15. The number of ether oxygens (including phenoxy) is 2. The van der Waals surface area contributed by atoms with Crippen LogP contribution in [0.4, 0.5) is 0 Å². The zero-order valence-corrected chi connectivity index (χ0v) is 13.9. The summed E-state index contributed by atoms with van der Waals surface area (Å²) in [4.78, 5) is 0. The average molecular weight is 314 g/mol. The van der Waals surface area contributed by atoms with Crippen LogP contribution in [0.25, 0.3) is 0 Å². The number of aliphatic hydroxyl groups excluding tert-OH is 2. The van der Waals surface area contributed by atoms with Gasteiger partial charge in [-0.05, 0) is 25.7 Å². The number of unbranched alkanes of at least 4 members (excludes halogenated alkanes) is 4. The molecule has 0 spiro atoms. The van der Waals surface area contributed by atoms with Crippen LogP contribution >= 0.6 is 0 Å². The monoisotopic (exact) mass is 314 g/mol. The molecule has 0 aromatic heterocycles. The third-order valence-corrected chi connectivity index (χ3v) is 3.49. The number of aliphatic hydroxyl groups is 2. The molecule has 2 atom stereocenters. The van der Waals surface area contributed by atoms with E-state index in [1.165, 1.54) is 0 Å². The van der Waals surface area contributed by atoms with Crippen LogP contribution in [0.3, 0.4) is 0 Å². The van der Waals surface area contributed by atoms with Crippen LogP contribution in [0, 0.1) is 0 Å². The molecule has 4 nitrogen and oxygen atoms in total.